The van der Waals surface area contributed by atoms with Gasteiger partial charge in [-0.2, -0.15) is 0 Å². The third-order valence-electron chi connectivity index (χ3n) is 3.73. The molecule has 128 valence electrons. The number of pyridine rings is 1. The highest BCUT2D eigenvalue weighted by atomic mass is 32.2. The first-order valence-corrected chi connectivity index (χ1v) is 9.30. The maximum atomic E-state index is 12.5. The zero-order chi connectivity index (χ0) is 17.9. The van der Waals surface area contributed by atoms with Crippen LogP contribution in [-0.2, 0) is 10.0 Å². The van der Waals surface area contributed by atoms with Gasteiger partial charge in [-0.3, -0.25) is 4.72 Å². The molecule has 5 nitrogen and oxygen atoms in total. The van der Waals surface area contributed by atoms with E-state index in [9.17, 15) is 8.42 Å². The fourth-order valence-corrected chi connectivity index (χ4v) is 3.64. The molecular weight excluding hydrogens is 334 g/mol. The molecule has 0 amide bonds. The highest BCUT2D eigenvalue weighted by Crippen LogP contribution is 2.20. The molecule has 6 heteroatoms. The molecule has 3 aromatic rings. The van der Waals surface area contributed by atoms with Crippen molar-refractivity contribution in [2.24, 2.45) is 0 Å². The van der Waals surface area contributed by atoms with Gasteiger partial charge in [-0.15, -0.1) is 0 Å². The monoisotopic (exact) mass is 353 g/mol. The quantitative estimate of drug-likeness (QED) is 0.719. The Bertz CT molecular complexity index is 966. The lowest BCUT2D eigenvalue weighted by Gasteiger charge is -2.11. The molecule has 2 N–H and O–H groups in total. The lowest BCUT2D eigenvalue weighted by Crippen LogP contribution is -2.15. The van der Waals surface area contributed by atoms with Crippen molar-refractivity contribution in [3.05, 3.63) is 78.0 Å². The van der Waals surface area contributed by atoms with E-state index >= 15 is 0 Å². The average Bonchev–Trinajstić information content (AvgIpc) is 2.59. The Morgan fingerprint density at radius 1 is 0.840 bits per heavy atom. The molecule has 0 radical (unpaired) electrons. The number of hydrogen-bond donors (Lipinski definition) is 2. The minimum Gasteiger partial charge on any atom is -0.354 e. The van der Waals surface area contributed by atoms with Gasteiger partial charge < -0.3 is 5.32 Å². The molecule has 2 aromatic carbocycles. The predicted octanol–water partition coefficient (Wildman–Crippen LogP) is 4.24. The number of hydrogen-bond acceptors (Lipinski definition) is 4. The summed E-state index contributed by atoms with van der Waals surface area (Å²) in [5.74, 6) is 0.276. The summed E-state index contributed by atoms with van der Waals surface area (Å²) in [7, 11) is -3.65. The first kappa shape index (κ1) is 17.0. The summed E-state index contributed by atoms with van der Waals surface area (Å²) in [6.07, 6.45) is 1.59. The van der Waals surface area contributed by atoms with Crippen LogP contribution in [-0.4, -0.2) is 13.4 Å². The van der Waals surface area contributed by atoms with Gasteiger partial charge in [-0.1, -0.05) is 35.9 Å². The molecule has 25 heavy (non-hydrogen) atoms. The van der Waals surface area contributed by atoms with Crippen LogP contribution in [0.5, 0.6) is 0 Å². The van der Waals surface area contributed by atoms with Gasteiger partial charge in [0, 0.05) is 5.69 Å². The molecule has 0 saturated heterocycles. The number of aromatic nitrogens is 1. The Hall–Kier alpha value is -2.86. The summed E-state index contributed by atoms with van der Waals surface area (Å²) in [4.78, 5) is 4.43. The molecule has 0 fully saturated rings. The van der Waals surface area contributed by atoms with Gasteiger partial charge in [-0.05, 0) is 49.7 Å². The van der Waals surface area contributed by atoms with Crippen molar-refractivity contribution in [2.75, 3.05) is 10.0 Å². The second-order valence-corrected chi connectivity index (χ2v) is 7.44. The predicted molar refractivity (Wildman–Crippen MR) is 101 cm³/mol. The number of aryl methyl sites for hydroxylation is 2. The fourth-order valence-electron chi connectivity index (χ4n) is 2.38. The van der Waals surface area contributed by atoms with Crippen molar-refractivity contribution < 1.29 is 8.42 Å². The summed E-state index contributed by atoms with van der Waals surface area (Å²) in [5.41, 5.74) is 3.60. The van der Waals surface area contributed by atoms with E-state index in [1.54, 1.807) is 49.5 Å². The second-order valence-electron chi connectivity index (χ2n) is 5.79. The molecule has 0 bridgehead atoms. The molecule has 0 atom stereocenters. The van der Waals surface area contributed by atoms with Gasteiger partial charge in [-0.25, -0.2) is 13.4 Å². The topological polar surface area (TPSA) is 71.1 Å². The number of rotatable bonds is 5. The Labute approximate surface area is 147 Å². The Kier molecular flexibility index (Phi) is 4.72. The van der Waals surface area contributed by atoms with Crippen molar-refractivity contribution in [1.29, 1.82) is 0 Å². The van der Waals surface area contributed by atoms with Crippen LogP contribution in [0.15, 0.2) is 71.8 Å². The largest absolute Gasteiger partial charge is 0.354 e. The van der Waals surface area contributed by atoms with Crippen LogP contribution in [0.25, 0.3) is 0 Å². The van der Waals surface area contributed by atoms with E-state index in [1.807, 2.05) is 31.2 Å². The van der Waals surface area contributed by atoms with E-state index in [0.717, 1.165) is 11.4 Å². The second kappa shape index (κ2) is 6.94. The molecule has 0 aliphatic carbocycles. The van der Waals surface area contributed by atoms with Crippen LogP contribution in [0.1, 0.15) is 11.1 Å². The van der Waals surface area contributed by atoms with E-state index in [-0.39, 0.29) is 10.7 Å². The van der Waals surface area contributed by atoms with E-state index in [2.05, 4.69) is 15.0 Å². The first-order chi connectivity index (χ1) is 11.9. The van der Waals surface area contributed by atoms with E-state index in [1.165, 1.54) is 5.56 Å². The normalized spacial score (nSPS) is 11.1. The molecule has 0 aliphatic rings. The number of nitrogens with zero attached hydrogens (tertiary/aromatic N) is 1. The van der Waals surface area contributed by atoms with E-state index < -0.39 is 10.0 Å². The summed E-state index contributed by atoms with van der Waals surface area (Å²) >= 11 is 0. The summed E-state index contributed by atoms with van der Waals surface area (Å²) in [6.45, 7) is 3.79. The van der Waals surface area contributed by atoms with Gasteiger partial charge in [0.2, 0.25) is 0 Å². The Balaban J connectivity index is 1.74. The van der Waals surface area contributed by atoms with Gasteiger partial charge in [0.05, 0.1) is 16.8 Å². The van der Waals surface area contributed by atoms with E-state index in [4.69, 9.17) is 0 Å². The minimum absolute atomic E-state index is 0.249. The number of benzene rings is 2. The highest BCUT2D eigenvalue weighted by molar-refractivity contribution is 7.92. The maximum Gasteiger partial charge on any atom is 0.263 e. The minimum atomic E-state index is -3.65. The zero-order valence-corrected chi connectivity index (χ0v) is 14.8. The van der Waals surface area contributed by atoms with Crippen molar-refractivity contribution in [2.45, 2.75) is 18.7 Å². The molecule has 3 rings (SSSR count). The maximum absolute atomic E-state index is 12.5. The Morgan fingerprint density at radius 2 is 1.52 bits per heavy atom. The fraction of sp³-hybridized carbons (Fsp3) is 0.105. The van der Waals surface area contributed by atoms with Crippen LogP contribution in [0.4, 0.5) is 17.2 Å². The number of sulfonamides is 1. The molecule has 0 spiro atoms. The standard InChI is InChI=1S/C19H19N3O2S/c1-14-7-9-16(10-8-14)21-17-11-12-19(20-13-17)22-25(23,24)18-6-4-3-5-15(18)2/h3-13,21H,1-2H3,(H,20,22). The van der Waals surface area contributed by atoms with Crippen molar-refractivity contribution >= 4 is 27.2 Å². The van der Waals surface area contributed by atoms with Gasteiger partial charge in [0.15, 0.2) is 0 Å². The van der Waals surface area contributed by atoms with Gasteiger partial charge in [0.25, 0.3) is 10.0 Å². The summed E-state index contributed by atoms with van der Waals surface area (Å²) < 4.78 is 27.4. The van der Waals surface area contributed by atoms with Crippen LogP contribution >= 0.6 is 0 Å². The third kappa shape index (κ3) is 4.16. The van der Waals surface area contributed by atoms with Crippen molar-refractivity contribution in [3.63, 3.8) is 0 Å². The summed E-state index contributed by atoms with van der Waals surface area (Å²) in [5, 5.41) is 3.22. The molecular formula is C19H19N3O2S. The SMILES string of the molecule is Cc1ccc(Nc2ccc(NS(=O)(=O)c3ccccc3C)nc2)cc1. The Morgan fingerprint density at radius 3 is 2.16 bits per heavy atom. The highest BCUT2D eigenvalue weighted by Gasteiger charge is 2.16. The van der Waals surface area contributed by atoms with Gasteiger partial charge >= 0.3 is 0 Å². The van der Waals surface area contributed by atoms with Gasteiger partial charge in [0.1, 0.15) is 5.82 Å². The van der Waals surface area contributed by atoms with Crippen LogP contribution in [0.3, 0.4) is 0 Å². The van der Waals surface area contributed by atoms with Crippen molar-refractivity contribution in [1.82, 2.24) is 4.98 Å². The molecule has 1 aromatic heterocycles. The van der Waals surface area contributed by atoms with Crippen molar-refractivity contribution in [3.8, 4) is 0 Å². The molecule has 0 saturated carbocycles. The third-order valence-corrected chi connectivity index (χ3v) is 5.24. The molecule has 0 aliphatic heterocycles. The molecule has 0 unspecified atom stereocenters. The lowest BCUT2D eigenvalue weighted by molar-refractivity contribution is 0.600. The number of nitrogens with one attached hydrogen (secondary N) is 2. The first-order valence-electron chi connectivity index (χ1n) is 7.82. The smallest absolute Gasteiger partial charge is 0.263 e. The summed E-state index contributed by atoms with van der Waals surface area (Å²) in [6, 6.07) is 18.2. The van der Waals surface area contributed by atoms with E-state index in [0.29, 0.717) is 5.56 Å². The molecule has 1 heterocycles. The van der Waals surface area contributed by atoms with Crippen LogP contribution in [0, 0.1) is 13.8 Å². The zero-order valence-electron chi connectivity index (χ0n) is 14.0. The van der Waals surface area contributed by atoms with Crippen LogP contribution < -0.4 is 10.0 Å². The number of anilines is 3. The average molecular weight is 353 g/mol. The lowest BCUT2D eigenvalue weighted by atomic mass is 10.2. The van der Waals surface area contributed by atoms with Crippen LogP contribution in [0.2, 0.25) is 0 Å².